The van der Waals surface area contributed by atoms with E-state index in [1.165, 1.54) is 33.1 Å². The smallest absolute Gasteiger partial charge is 0.239 e. The van der Waals surface area contributed by atoms with Crippen LogP contribution in [0.2, 0.25) is 5.02 Å². The van der Waals surface area contributed by atoms with Crippen LogP contribution in [0.15, 0.2) is 36.4 Å². The molecule has 5 nitrogen and oxygen atoms in total. The number of carbonyl (C=O) groups excluding carboxylic acids is 2. The van der Waals surface area contributed by atoms with Gasteiger partial charge in [0, 0.05) is 5.69 Å². The number of hydrogen-bond donors (Lipinski definition) is 2. The summed E-state index contributed by atoms with van der Waals surface area (Å²) in [4.78, 5) is 24.9. The second kappa shape index (κ2) is 7.70. The summed E-state index contributed by atoms with van der Waals surface area (Å²) in [5, 5.41) is 4.94. The molecule has 0 saturated heterocycles. The number of halogens is 3. The van der Waals surface area contributed by atoms with Crippen LogP contribution in [-0.4, -0.2) is 18.9 Å². The second-order valence-electron chi connectivity index (χ2n) is 5.98. The first-order chi connectivity index (χ1) is 12.2. The molecule has 0 fully saturated rings. The lowest BCUT2D eigenvalue weighted by molar-refractivity contribution is -0.135. The molecule has 0 aliphatic rings. The van der Waals surface area contributed by atoms with Crippen molar-refractivity contribution in [1.29, 1.82) is 0 Å². The SMILES string of the molecule is COc1ccc(NC(=O)C(C)(C)C(=O)Nc2c(F)cccc2F)cc1Cl. The number of para-hydroxylation sites is 1. The van der Waals surface area contributed by atoms with E-state index in [4.69, 9.17) is 16.3 Å². The number of benzene rings is 2. The minimum Gasteiger partial charge on any atom is -0.495 e. The van der Waals surface area contributed by atoms with Crippen molar-refractivity contribution >= 4 is 34.8 Å². The Labute approximate surface area is 154 Å². The van der Waals surface area contributed by atoms with E-state index >= 15 is 0 Å². The highest BCUT2D eigenvalue weighted by atomic mass is 35.5. The van der Waals surface area contributed by atoms with Gasteiger partial charge in [0.2, 0.25) is 11.8 Å². The van der Waals surface area contributed by atoms with E-state index in [0.717, 1.165) is 12.1 Å². The number of anilines is 2. The van der Waals surface area contributed by atoms with Gasteiger partial charge in [-0.3, -0.25) is 9.59 Å². The predicted molar refractivity (Wildman–Crippen MR) is 95.4 cm³/mol. The third kappa shape index (κ3) is 4.11. The number of methoxy groups -OCH3 is 1. The molecule has 0 heterocycles. The summed E-state index contributed by atoms with van der Waals surface area (Å²) >= 11 is 5.99. The monoisotopic (exact) mass is 382 g/mol. The van der Waals surface area contributed by atoms with Gasteiger partial charge in [-0.25, -0.2) is 8.78 Å². The summed E-state index contributed by atoms with van der Waals surface area (Å²) in [5.74, 6) is -2.98. The number of nitrogens with one attached hydrogen (secondary N) is 2. The lowest BCUT2D eigenvalue weighted by Crippen LogP contribution is -2.41. The maximum Gasteiger partial charge on any atom is 0.239 e. The number of carbonyl (C=O) groups is 2. The third-order valence-electron chi connectivity index (χ3n) is 3.75. The molecule has 0 aliphatic carbocycles. The molecule has 0 bridgehead atoms. The lowest BCUT2D eigenvalue weighted by atomic mass is 9.90. The molecule has 8 heteroatoms. The van der Waals surface area contributed by atoms with Crippen LogP contribution in [0.1, 0.15) is 13.8 Å². The number of ether oxygens (including phenoxy) is 1. The molecule has 0 radical (unpaired) electrons. The van der Waals surface area contributed by atoms with E-state index in [1.54, 1.807) is 12.1 Å². The van der Waals surface area contributed by atoms with Gasteiger partial charge in [0.1, 0.15) is 28.5 Å². The fourth-order valence-corrected chi connectivity index (χ4v) is 2.28. The van der Waals surface area contributed by atoms with Crippen molar-refractivity contribution in [3.05, 3.63) is 53.1 Å². The highest BCUT2D eigenvalue weighted by molar-refractivity contribution is 6.32. The van der Waals surface area contributed by atoms with Crippen LogP contribution in [0, 0.1) is 17.0 Å². The van der Waals surface area contributed by atoms with E-state index in [0.29, 0.717) is 11.4 Å². The van der Waals surface area contributed by atoms with Crippen LogP contribution >= 0.6 is 11.6 Å². The maximum atomic E-state index is 13.7. The fraction of sp³-hybridized carbons (Fsp3) is 0.222. The van der Waals surface area contributed by atoms with Gasteiger partial charge in [-0.15, -0.1) is 0 Å². The molecule has 0 saturated carbocycles. The standard InChI is InChI=1S/C18H17ClF2N2O3/c1-18(2,17(25)23-15-12(20)5-4-6-13(15)21)16(24)22-10-7-8-14(26-3)11(19)9-10/h4-9H,1-3H3,(H,22,24)(H,23,25). The summed E-state index contributed by atoms with van der Waals surface area (Å²) in [6.45, 7) is 2.67. The molecule has 2 aromatic carbocycles. The van der Waals surface area contributed by atoms with Crippen LogP contribution in [0.5, 0.6) is 5.75 Å². The summed E-state index contributed by atoms with van der Waals surface area (Å²) in [6.07, 6.45) is 0. The molecule has 2 aromatic rings. The Morgan fingerprint density at radius 3 is 2.15 bits per heavy atom. The van der Waals surface area contributed by atoms with E-state index in [-0.39, 0.29) is 5.02 Å². The van der Waals surface area contributed by atoms with E-state index < -0.39 is 34.6 Å². The zero-order valence-electron chi connectivity index (χ0n) is 14.3. The molecule has 138 valence electrons. The Morgan fingerprint density at radius 2 is 1.62 bits per heavy atom. The Balaban J connectivity index is 2.16. The second-order valence-corrected chi connectivity index (χ2v) is 6.39. The minimum atomic E-state index is -1.61. The molecule has 0 spiro atoms. The van der Waals surface area contributed by atoms with Crippen molar-refractivity contribution in [2.75, 3.05) is 17.7 Å². The normalized spacial score (nSPS) is 11.0. The molecule has 2 amide bonds. The summed E-state index contributed by atoms with van der Waals surface area (Å²) in [6, 6.07) is 7.75. The van der Waals surface area contributed by atoms with Crippen molar-refractivity contribution in [1.82, 2.24) is 0 Å². The van der Waals surface area contributed by atoms with E-state index in [1.807, 2.05) is 0 Å². The average Bonchev–Trinajstić information content (AvgIpc) is 2.58. The van der Waals surface area contributed by atoms with Crippen LogP contribution in [0.25, 0.3) is 0 Å². The predicted octanol–water partition coefficient (Wildman–Crippen LogP) is 4.23. The lowest BCUT2D eigenvalue weighted by Gasteiger charge is -2.23. The number of hydrogen-bond acceptors (Lipinski definition) is 3. The number of rotatable bonds is 5. The van der Waals surface area contributed by atoms with Crippen molar-refractivity contribution in [3.8, 4) is 5.75 Å². The largest absolute Gasteiger partial charge is 0.495 e. The molecule has 0 atom stereocenters. The van der Waals surface area contributed by atoms with Gasteiger partial charge in [0.05, 0.1) is 12.1 Å². The first kappa shape index (κ1) is 19.7. The summed E-state index contributed by atoms with van der Waals surface area (Å²) in [5.41, 5.74) is -1.87. The fourth-order valence-electron chi connectivity index (χ4n) is 2.02. The zero-order valence-corrected chi connectivity index (χ0v) is 15.1. The molecule has 2 N–H and O–H groups in total. The average molecular weight is 383 g/mol. The van der Waals surface area contributed by atoms with Crippen molar-refractivity contribution in [2.45, 2.75) is 13.8 Å². The van der Waals surface area contributed by atoms with Crippen LogP contribution in [0.3, 0.4) is 0 Å². The highest BCUT2D eigenvalue weighted by Crippen LogP contribution is 2.29. The van der Waals surface area contributed by atoms with Crippen LogP contribution in [0.4, 0.5) is 20.2 Å². The van der Waals surface area contributed by atoms with Gasteiger partial charge in [-0.2, -0.15) is 0 Å². The van der Waals surface area contributed by atoms with Gasteiger partial charge < -0.3 is 15.4 Å². The minimum absolute atomic E-state index is 0.279. The van der Waals surface area contributed by atoms with Gasteiger partial charge >= 0.3 is 0 Å². The Hall–Kier alpha value is -2.67. The highest BCUT2D eigenvalue weighted by Gasteiger charge is 2.37. The summed E-state index contributed by atoms with van der Waals surface area (Å²) < 4.78 is 32.4. The molecule has 0 unspecified atom stereocenters. The Bertz CT molecular complexity index is 836. The molecular weight excluding hydrogens is 366 g/mol. The number of amides is 2. The Kier molecular flexibility index (Phi) is 5.82. The molecule has 2 rings (SSSR count). The van der Waals surface area contributed by atoms with Gasteiger partial charge in [-0.1, -0.05) is 17.7 Å². The maximum absolute atomic E-state index is 13.7. The molecule has 0 aromatic heterocycles. The van der Waals surface area contributed by atoms with Crippen molar-refractivity contribution < 1.29 is 23.1 Å². The summed E-state index contributed by atoms with van der Waals surface area (Å²) in [7, 11) is 1.45. The van der Waals surface area contributed by atoms with Gasteiger partial charge in [-0.05, 0) is 44.2 Å². The topological polar surface area (TPSA) is 67.4 Å². The first-order valence-corrected chi connectivity index (χ1v) is 7.95. The van der Waals surface area contributed by atoms with E-state index in [9.17, 15) is 18.4 Å². The van der Waals surface area contributed by atoms with Gasteiger partial charge in [0.15, 0.2) is 0 Å². The van der Waals surface area contributed by atoms with Crippen LogP contribution in [-0.2, 0) is 9.59 Å². The Morgan fingerprint density at radius 1 is 1.04 bits per heavy atom. The molecule has 26 heavy (non-hydrogen) atoms. The third-order valence-corrected chi connectivity index (χ3v) is 4.04. The van der Waals surface area contributed by atoms with Gasteiger partial charge in [0.25, 0.3) is 0 Å². The van der Waals surface area contributed by atoms with Crippen LogP contribution < -0.4 is 15.4 Å². The quantitative estimate of drug-likeness (QED) is 0.760. The first-order valence-electron chi connectivity index (χ1n) is 7.57. The van der Waals surface area contributed by atoms with Crippen molar-refractivity contribution in [2.24, 2.45) is 5.41 Å². The zero-order chi connectivity index (χ0) is 19.5. The van der Waals surface area contributed by atoms with Crippen molar-refractivity contribution in [3.63, 3.8) is 0 Å². The van der Waals surface area contributed by atoms with E-state index in [2.05, 4.69) is 10.6 Å². The molecule has 0 aliphatic heterocycles. The molecular formula is C18H17ClF2N2O3.